The summed E-state index contributed by atoms with van der Waals surface area (Å²) in [5, 5.41) is 17.1. The zero-order chi connectivity index (χ0) is 13.8. The number of carbonyl (C=O) groups is 1. The van der Waals surface area contributed by atoms with Crippen LogP contribution in [0, 0.1) is 22.7 Å². The lowest BCUT2D eigenvalue weighted by molar-refractivity contribution is -0.128. The summed E-state index contributed by atoms with van der Waals surface area (Å²) in [7, 11) is 0. The van der Waals surface area contributed by atoms with E-state index in [4.69, 9.17) is 16.3 Å². The van der Waals surface area contributed by atoms with Gasteiger partial charge in [0.2, 0.25) is 5.91 Å². The van der Waals surface area contributed by atoms with Gasteiger partial charge in [-0.3, -0.25) is 4.79 Å². The molecule has 0 spiro atoms. The molecule has 0 aliphatic heterocycles. The molecule has 0 radical (unpaired) electrons. The zero-order valence-electron chi connectivity index (χ0n) is 10.8. The Morgan fingerprint density at radius 1 is 1.33 bits per heavy atom. The summed E-state index contributed by atoms with van der Waals surface area (Å²) in [6.07, 6.45) is 1.50. The molecular weight excluding hydrogens is 248 g/mol. The smallest absolute Gasteiger partial charge is 0.232 e. The van der Waals surface area contributed by atoms with Crippen LogP contribution in [0.5, 0.6) is 0 Å². The maximum Gasteiger partial charge on any atom is 0.232 e. The Kier molecular flexibility index (Phi) is 10.1. The maximum atomic E-state index is 11.9. The van der Waals surface area contributed by atoms with Gasteiger partial charge in [-0.25, -0.2) is 0 Å². The second kappa shape index (κ2) is 10.9. The van der Waals surface area contributed by atoms with E-state index in [9.17, 15) is 4.79 Å². The van der Waals surface area contributed by atoms with Crippen LogP contribution in [0.4, 0.5) is 0 Å². The molecule has 18 heavy (non-hydrogen) atoms. The fourth-order valence-electron chi connectivity index (χ4n) is 1.24. The molecule has 0 aliphatic rings. The van der Waals surface area contributed by atoms with Crippen LogP contribution in [0.1, 0.15) is 26.2 Å². The van der Waals surface area contributed by atoms with E-state index in [0.717, 1.165) is 12.2 Å². The Morgan fingerprint density at radius 2 is 1.89 bits per heavy atom. The number of nitrogens with two attached hydrogens (primary N) is 1. The summed E-state index contributed by atoms with van der Waals surface area (Å²) in [4.78, 5) is 13.5. The minimum absolute atomic E-state index is 0.0196. The average Bonchev–Trinajstić information content (AvgIpc) is 2.38. The highest BCUT2D eigenvalue weighted by atomic mass is 32.2. The molecule has 0 saturated heterocycles. The van der Waals surface area contributed by atoms with Gasteiger partial charge in [0, 0.05) is 24.9 Å². The molecular formula is C12H20N4OS. The van der Waals surface area contributed by atoms with Gasteiger partial charge in [0.25, 0.3) is 0 Å². The van der Waals surface area contributed by atoms with Crippen LogP contribution in [0.2, 0.25) is 0 Å². The third-order valence-corrected chi connectivity index (χ3v) is 3.54. The Hall–Kier alpha value is -1.24. The average molecular weight is 268 g/mol. The molecule has 1 unspecified atom stereocenters. The fourth-order valence-corrected chi connectivity index (χ4v) is 2.25. The molecule has 0 aromatic rings. The Balaban J connectivity index is 4.04. The Bertz CT molecular complexity index is 303. The van der Waals surface area contributed by atoms with Crippen LogP contribution in [0.15, 0.2) is 0 Å². The van der Waals surface area contributed by atoms with E-state index < -0.39 is 0 Å². The van der Waals surface area contributed by atoms with Crippen LogP contribution < -0.4 is 5.73 Å². The molecule has 0 aromatic heterocycles. The molecule has 5 nitrogen and oxygen atoms in total. The highest BCUT2D eigenvalue weighted by Gasteiger charge is 2.13. The molecule has 6 heteroatoms. The maximum absolute atomic E-state index is 11.9. The van der Waals surface area contributed by atoms with Gasteiger partial charge in [0.05, 0.1) is 30.7 Å². The standard InChI is InChI=1S/C12H20N4OS/c1-2-11(15)9-18-10-12(17)16(7-3-5-13)8-4-6-14/h11H,2-4,7-10,15H2,1H3. The predicted molar refractivity (Wildman–Crippen MR) is 72.6 cm³/mol. The number of rotatable bonds is 9. The van der Waals surface area contributed by atoms with Crippen LogP contribution in [-0.2, 0) is 4.79 Å². The van der Waals surface area contributed by atoms with Crippen molar-refractivity contribution in [2.75, 3.05) is 24.6 Å². The summed E-state index contributed by atoms with van der Waals surface area (Å²) in [6, 6.07) is 4.14. The zero-order valence-corrected chi connectivity index (χ0v) is 11.6. The van der Waals surface area contributed by atoms with Gasteiger partial charge < -0.3 is 10.6 Å². The van der Waals surface area contributed by atoms with Crippen molar-refractivity contribution < 1.29 is 4.79 Å². The molecule has 0 bridgehead atoms. The van der Waals surface area contributed by atoms with Crippen molar-refractivity contribution in [2.45, 2.75) is 32.2 Å². The second-order valence-electron chi connectivity index (χ2n) is 3.88. The van der Waals surface area contributed by atoms with Crippen molar-refractivity contribution in [3.8, 4) is 12.1 Å². The van der Waals surface area contributed by atoms with E-state index in [0.29, 0.717) is 31.7 Å². The van der Waals surface area contributed by atoms with Crippen molar-refractivity contribution in [1.29, 1.82) is 10.5 Å². The van der Waals surface area contributed by atoms with Gasteiger partial charge in [0.15, 0.2) is 0 Å². The molecule has 0 fully saturated rings. The Morgan fingerprint density at radius 3 is 2.33 bits per heavy atom. The van der Waals surface area contributed by atoms with Gasteiger partial charge in [-0.15, -0.1) is 0 Å². The number of hydrogen-bond donors (Lipinski definition) is 1. The lowest BCUT2D eigenvalue weighted by Crippen LogP contribution is -2.34. The Labute approximate surface area is 113 Å². The minimum Gasteiger partial charge on any atom is -0.340 e. The summed E-state index contributed by atoms with van der Waals surface area (Å²) in [5.74, 6) is 1.10. The molecule has 0 rings (SSSR count). The first-order valence-electron chi connectivity index (χ1n) is 6.00. The third kappa shape index (κ3) is 7.94. The van der Waals surface area contributed by atoms with Crippen molar-refractivity contribution >= 4 is 17.7 Å². The number of nitriles is 2. The quantitative estimate of drug-likeness (QED) is 0.676. The van der Waals surface area contributed by atoms with E-state index in [-0.39, 0.29) is 11.9 Å². The highest BCUT2D eigenvalue weighted by molar-refractivity contribution is 7.99. The molecule has 0 heterocycles. The number of nitrogens with zero attached hydrogens (tertiary/aromatic N) is 3. The van der Waals surface area contributed by atoms with Crippen LogP contribution in [0.3, 0.4) is 0 Å². The molecule has 0 saturated carbocycles. The van der Waals surface area contributed by atoms with Crippen molar-refractivity contribution in [1.82, 2.24) is 4.90 Å². The third-order valence-electron chi connectivity index (χ3n) is 2.42. The van der Waals surface area contributed by atoms with Crippen LogP contribution in [-0.4, -0.2) is 41.4 Å². The molecule has 0 aliphatic carbocycles. The van der Waals surface area contributed by atoms with Crippen LogP contribution >= 0.6 is 11.8 Å². The SMILES string of the molecule is CCC(N)CSCC(=O)N(CCC#N)CCC#N. The molecule has 2 N–H and O–H groups in total. The molecule has 100 valence electrons. The number of carbonyl (C=O) groups excluding carboxylic acids is 1. The number of thioether (sulfide) groups is 1. The monoisotopic (exact) mass is 268 g/mol. The lowest BCUT2D eigenvalue weighted by Gasteiger charge is -2.20. The van der Waals surface area contributed by atoms with E-state index in [1.807, 2.05) is 19.1 Å². The van der Waals surface area contributed by atoms with Crippen molar-refractivity contribution in [3.05, 3.63) is 0 Å². The highest BCUT2D eigenvalue weighted by Crippen LogP contribution is 2.06. The van der Waals surface area contributed by atoms with E-state index in [2.05, 4.69) is 0 Å². The van der Waals surface area contributed by atoms with E-state index in [1.54, 1.807) is 4.90 Å². The number of hydrogen-bond acceptors (Lipinski definition) is 5. The first kappa shape index (κ1) is 16.8. The molecule has 0 aromatic carbocycles. The minimum atomic E-state index is -0.0196. The predicted octanol–water partition coefficient (Wildman–Crippen LogP) is 1.11. The summed E-state index contributed by atoms with van der Waals surface area (Å²) in [6.45, 7) is 2.81. The first-order valence-corrected chi connectivity index (χ1v) is 7.16. The van der Waals surface area contributed by atoms with Gasteiger partial charge in [-0.05, 0) is 6.42 Å². The van der Waals surface area contributed by atoms with Crippen molar-refractivity contribution in [3.63, 3.8) is 0 Å². The van der Waals surface area contributed by atoms with Crippen molar-refractivity contribution in [2.24, 2.45) is 5.73 Å². The van der Waals surface area contributed by atoms with Gasteiger partial charge >= 0.3 is 0 Å². The summed E-state index contributed by atoms with van der Waals surface area (Å²) in [5.41, 5.74) is 5.76. The largest absolute Gasteiger partial charge is 0.340 e. The van der Waals surface area contributed by atoms with E-state index >= 15 is 0 Å². The molecule has 1 amide bonds. The lowest BCUT2D eigenvalue weighted by atomic mass is 10.3. The first-order chi connectivity index (χ1) is 8.65. The summed E-state index contributed by atoms with van der Waals surface area (Å²) >= 11 is 1.51. The normalized spacial score (nSPS) is 11.3. The summed E-state index contributed by atoms with van der Waals surface area (Å²) < 4.78 is 0. The van der Waals surface area contributed by atoms with Gasteiger partial charge in [0.1, 0.15) is 0 Å². The number of amides is 1. The van der Waals surface area contributed by atoms with Crippen LogP contribution in [0.25, 0.3) is 0 Å². The molecule has 1 atom stereocenters. The van der Waals surface area contributed by atoms with E-state index in [1.165, 1.54) is 11.8 Å². The van der Waals surface area contributed by atoms with Gasteiger partial charge in [-0.1, -0.05) is 6.92 Å². The topological polar surface area (TPSA) is 93.9 Å². The van der Waals surface area contributed by atoms with Gasteiger partial charge in [-0.2, -0.15) is 22.3 Å². The second-order valence-corrected chi connectivity index (χ2v) is 4.91. The fraction of sp³-hybridized carbons (Fsp3) is 0.750.